The molecule has 2 unspecified atom stereocenters. The molecule has 0 bridgehead atoms. The Bertz CT molecular complexity index is 556. The fourth-order valence-corrected chi connectivity index (χ4v) is 2.30. The normalized spacial score (nSPS) is 22.1. The van der Waals surface area contributed by atoms with E-state index < -0.39 is 5.97 Å². The molecule has 1 aromatic rings. The van der Waals surface area contributed by atoms with E-state index in [1.54, 1.807) is 6.07 Å². The molecular formula is C15H18N2O4. The van der Waals surface area contributed by atoms with Gasteiger partial charge in [-0.15, -0.1) is 0 Å². The van der Waals surface area contributed by atoms with Crippen molar-refractivity contribution in [2.24, 2.45) is 0 Å². The van der Waals surface area contributed by atoms with E-state index in [0.717, 1.165) is 18.9 Å². The third-order valence-electron chi connectivity index (χ3n) is 3.32. The second-order valence-corrected chi connectivity index (χ2v) is 5.01. The summed E-state index contributed by atoms with van der Waals surface area (Å²) in [5, 5.41) is 11.6. The molecule has 6 heteroatoms. The van der Waals surface area contributed by atoms with Crippen LogP contribution in [0.5, 0.6) is 0 Å². The number of pyridine rings is 1. The molecule has 1 fully saturated rings. The fraction of sp³-hybridized carbons (Fsp3) is 0.400. The third kappa shape index (κ3) is 4.39. The molecule has 1 amide bonds. The molecular weight excluding hydrogens is 272 g/mol. The number of nitrogens with one attached hydrogen (secondary N) is 1. The van der Waals surface area contributed by atoms with Crippen molar-refractivity contribution in [2.45, 2.75) is 31.9 Å². The molecule has 6 nitrogen and oxygen atoms in total. The van der Waals surface area contributed by atoms with Crippen LogP contribution in [0.4, 0.5) is 0 Å². The molecule has 2 rings (SSSR count). The summed E-state index contributed by atoms with van der Waals surface area (Å²) in [6.07, 6.45) is 7.04. The Balaban J connectivity index is 2.10. The van der Waals surface area contributed by atoms with Crippen molar-refractivity contribution in [1.82, 2.24) is 10.3 Å². The Labute approximate surface area is 122 Å². The highest BCUT2D eigenvalue weighted by molar-refractivity contribution is 5.98. The molecule has 0 radical (unpaired) electrons. The summed E-state index contributed by atoms with van der Waals surface area (Å²) in [5.41, 5.74) is 0.902. The summed E-state index contributed by atoms with van der Waals surface area (Å²) in [6.45, 7) is 2.61. The van der Waals surface area contributed by atoms with E-state index in [1.165, 1.54) is 18.5 Å². The van der Waals surface area contributed by atoms with Gasteiger partial charge in [-0.25, -0.2) is 4.79 Å². The van der Waals surface area contributed by atoms with Gasteiger partial charge in [0.15, 0.2) is 0 Å². The Morgan fingerprint density at radius 3 is 3.05 bits per heavy atom. The number of ether oxygens (including phenoxy) is 1. The molecule has 21 heavy (non-hydrogen) atoms. The molecule has 1 aromatic heterocycles. The zero-order valence-electron chi connectivity index (χ0n) is 11.8. The van der Waals surface area contributed by atoms with Gasteiger partial charge in [0.25, 0.3) is 5.91 Å². The van der Waals surface area contributed by atoms with E-state index in [0.29, 0.717) is 17.7 Å². The molecule has 0 aliphatic carbocycles. The molecule has 1 saturated heterocycles. The maximum atomic E-state index is 12.3. The first-order valence-electron chi connectivity index (χ1n) is 6.83. The van der Waals surface area contributed by atoms with Gasteiger partial charge in [-0.2, -0.15) is 0 Å². The monoisotopic (exact) mass is 290 g/mol. The van der Waals surface area contributed by atoms with Crippen LogP contribution in [0, 0.1) is 0 Å². The first-order chi connectivity index (χ1) is 10.1. The van der Waals surface area contributed by atoms with Crippen LogP contribution in [0.3, 0.4) is 0 Å². The zero-order valence-corrected chi connectivity index (χ0v) is 11.8. The summed E-state index contributed by atoms with van der Waals surface area (Å²) in [5.74, 6) is -1.29. The predicted molar refractivity (Wildman–Crippen MR) is 76.8 cm³/mol. The number of aliphatic carboxylic acids is 1. The number of rotatable bonds is 4. The minimum Gasteiger partial charge on any atom is -0.478 e. The quantitative estimate of drug-likeness (QED) is 0.820. The van der Waals surface area contributed by atoms with Crippen molar-refractivity contribution in [3.8, 4) is 0 Å². The van der Waals surface area contributed by atoms with Crippen molar-refractivity contribution >= 4 is 18.0 Å². The van der Waals surface area contributed by atoms with E-state index in [9.17, 15) is 9.59 Å². The molecule has 2 N–H and O–H groups in total. The van der Waals surface area contributed by atoms with Gasteiger partial charge in [-0.3, -0.25) is 9.78 Å². The SMILES string of the molecule is CC1CC(NC(=O)c2ccncc2/C=C/C(=O)O)CCO1. The lowest BCUT2D eigenvalue weighted by molar-refractivity contribution is -0.131. The van der Waals surface area contributed by atoms with Crippen molar-refractivity contribution in [2.75, 3.05) is 6.61 Å². The summed E-state index contributed by atoms with van der Waals surface area (Å²) in [4.78, 5) is 26.8. The van der Waals surface area contributed by atoms with E-state index in [4.69, 9.17) is 9.84 Å². The molecule has 2 atom stereocenters. The number of amides is 1. The van der Waals surface area contributed by atoms with E-state index in [2.05, 4.69) is 10.3 Å². The molecule has 112 valence electrons. The lowest BCUT2D eigenvalue weighted by Gasteiger charge is -2.28. The highest BCUT2D eigenvalue weighted by atomic mass is 16.5. The summed E-state index contributed by atoms with van der Waals surface area (Å²) >= 11 is 0. The highest BCUT2D eigenvalue weighted by Gasteiger charge is 2.22. The second kappa shape index (κ2) is 6.99. The Kier molecular flexibility index (Phi) is 5.05. The van der Waals surface area contributed by atoms with Crippen LogP contribution in [0.15, 0.2) is 24.5 Å². The molecule has 1 aliphatic rings. The van der Waals surface area contributed by atoms with Gasteiger partial charge < -0.3 is 15.2 Å². The predicted octanol–water partition coefficient (Wildman–Crippen LogP) is 1.48. The standard InChI is InChI=1S/C15H18N2O4/c1-10-8-12(5-7-21-10)17-15(20)13-4-6-16-9-11(13)2-3-14(18)19/h2-4,6,9-10,12H,5,7-8H2,1H3,(H,17,20)(H,18,19)/b3-2+. The van der Waals surface area contributed by atoms with Gasteiger partial charge in [0, 0.05) is 42.2 Å². The first kappa shape index (κ1) is 15.2. The number of carbonyl (C=O) groups is 2. The van der Waals surface area contributed by atoms with Gasteiger partial charge in [0.05, 0.1) is 6.10 Å². The molecule has 0 spiro atoms. The lowest BCUT2D eigenvalue weighted by Crippen LogP contribution is -2.41. The second-order valence-electron chi connectivity index (χ2n) is 5.01. The lowest BCUT2D eigenvalue weighted by atomic mass is 10.0. The summed E-state index contributed by atoms with van der Waals surface area (Å²) in [6, 6.07) is 1.66. The first-order valence-corrected chi connectivity index (χ1v) is 6.83. The van der Waals surface area contributed by atoms with E-state index in [1.807, 2.05) is 6.92 Å². The van der Waals surface area contributed by atoms with Gasteiger partial charge >= 0.3 is 5.97 Å². The topological polar surface area (TPSA) is 88.5 Å². The smallest absolute Gasteiger partial charge is 0.328 e. The number of carboxylic acids is 1. The van der Waals surface area contributed by atoms with Crippen LogP contribution >= 0.6 is 0 Å². The van der Waals surface area contributed by atoms with Gasteiger partial charge in [-0.1, -0.05) is 0 Å². The average Bonchev–Trinajstić information content (AvgIpc) is 2.45. The fourth-order valence-electron chi connectivity index (χ4n) is 2.30. The number of hydrogen-bond acceptors (Lipinski definition) is 4. The van der Waals surface area contributed by atoms with Crippen molar-refractivity contribution in [3.05, 3.63) is 35.7 Å². The minimum atomic E-state index is -1.07. The number of carbonyl (C=O) groups excluding carboxylic acids is 1. The number of hydrogen-bond donors (Lipinski definition) is 2. The van der Waals surface area contributed by atoms with Crippen molar-refractivity contribution in [1.29, 1.82) is 0 Å². The minimum absolute atomic E-state index is 0.0747. The molecule has 1 aliphatic heterocycles. The average molecular weight is 290 g/mol. The molecule has 0 saturated carbocycles. The van der Waals surface area contributed by atoms with Crippen LogP contribution < -0.4 is 5.32 Å². The van der Waals surface area contributed by atoms with Crippen LogP contribution in [-0.4, -0.2) is 40.7 Å². The van der Waals surface area contributed by atoms with Crippen LogP contribution in [0.25, 0.3) is 6.08 Å². The maximum absolute atomic E-state index is 12.3. The Hall–Kier alpha value is -2.21. The van der Waals surface area contributed by atoms with Crippen LogP contribution in [-0.2, 0) is 9.53 Å². The van der Waals surface area contributed by atoms with E-state index in [-0.39, 0.29) is 18.1 Å². The maximum Gasteiger partial charge on any atom is 0.328 e. The number of carboxylic acid groups (broad SMARTS) is 1. The summed E-state index contributed by atoms with van der Waals surface area (Å²) < 4.78 is 5.45. The van der Waals surface area contributed by atoms with Crippen molar-refractivity contribution in [3.63, 3.8) is 0 Å². The summed E-state index contributed by atoms with van der Waals surface area (Å²) in [7, 11) is 0. The zero-order chi connectivity index (χ0) is 15.2. The molecule has 2 heterocycles. The van der Waals surface area contributed by atoms with Crippen LogP contribution in [0.1, 0.15) is 35.7 Å². The van der Waals surface area contributed by atoms with Gasteiger partial charge in [-0.05, 0) is 31.9 Å². The largest absolute Gasteiger partial charge is 0.478 e. The van der Waals surface area contributed by atoms with Crippen molar-refractivity contribution < 1.29 is 19.4 Å². The van der Waals surface area contributed by atoms with Gasteiger partial charge in [0.2, 0.25) is 0 Å². The third-order valence-corrected chi connectivity index (χ3v) is 3.32. The Morgan fingerprint density at radius 1 is 1.52 bits per heavy atom. The van der Waals surface area contributed by atoms with Gasteiger partial charge in [0.1, 0.15) is 0 Å². The molecule has 0 aromatic carbocycles. The van der Waals surface area contributed by atoms with Crippen LogP contribution in [0.2, 0.25) is 0 Å². The Morgan fingerprint density at radius 2 is 2.33 bits per heavy atom. The highest BCUT2D eigenvalue weighted by Crippen LogP contribution is 2.15. The van der Waals surface area contributed by atoms with E-state index >= 15 is 0 Å². The number of aromatic nitrogens is 1. The number of nitrogens with zero attached hydrogens (tertiary/aromatic N) is 1.